The standard InChI is InChI=1S/C15H28S/c1-6-8-9-10-13(3)11-12-14(4)15(5,16)7-2/h8-9,13,16H,4,6-7,10-12H2,1-3,5H3/b9-8-. The molecule has 0 aliphatic heterocycles. The highest BCUT2D eigenvalue weighted by atomic mass is 32.1. The van der Waals surface area contributed by atoms with Crippen molar-refractivity contribution in [2.45, 2.75) is 64.5 Å². The predicted molar refractivity (Wildman–Crippen MR) is 79.3 cm³/mol. The molecule has 0 bridgehead atoms. The van der Waals surface area contributed by atoms with Gasteiger partial charge in [-0.1, -0.05) is 45.1 Å². The molecule has 0 spiro atoms. The molecule has 0 aromatic heterocycles. The molecule has 0 aromatic rings. The van der Waals surface area contributed by atoms with E-state index in [-0.39, 0.29) is 4.75 Å². The quantitative estimate of drug-likeness (QED) is 0.425. The normalized spacial score (nSPS) is 17.3. The minimum Gasteiger partial charge on any atom is -0.168 e. The highest BCUT2D eigenvalue weighted by Crippen LogP contribution is 2.30. The van der Waals surface area contributed by atoms with Crippen molar-refractivity contribution in [2.24, 2.45) is 5.92 Å². The van der Waals surface area contributed by atoms with Crippen LogP contribution >= 0.6 is 12.6 Å². The number of allylic oxidation sites excluding steroid dienone is 2. The predicted octanol–water partition coefficient (Wildman–Crippen LogP) is 5.41. The van der Waals surface area contributed by atoms with Gasteiger partial charge in [-0.15, -0.1) is 0 Å². The van der Waals surface area contributed by atoms with Crippen LogP contribution in [0.5, 0.6) is 0 Å². The monoisotopic (exact) mass is 240 g/mol. The van der Waals surface area contributed by atoms with Crippen LogP contribution in [0.2, 0.25) is 0 Å². The molecule has 0 radical (unpaired) electrons. The van der Waals surface area contributed by atoms with Gasteiger partial charge in [-0.2, -0.15) is 12.6 Å². The Kier molecular flexibility index (Phi) is 7.91. The van der Waals surface area contributed by atoms with Crippen LogP contribution in [-0.2, 0) is 0 Å². The van der Waals surface area contributed by atoms with Crippen LogP contribution in [0.25, 0.3) is 0 Å². The van der Waals surface area contributed by atoms with Crippen molar-refractivity contribution >= 4 is 12.6 Å². The molecule has 0 aromatic carbocycles. The summed E-state index contributed by atoms with van der Waals surface area (Å²) < 4.78 is 0.0129. The van der Waals surface area contributed by atoms with E-state index in [1.807, 2.05) is 0 Å². The van der Waals surface area contributed by atoms with Gasteiger partial charge in [0, 0.05) is 4.75 Å². The maximum absolute atomic E-state index is 4.66. The van der Waals surface area contributed by atoms with Gasteiger partial charge in [-0.3, -0.25) is 0 Å². The lowest BCUT2D eigenvalue weighted by Gasteiger charge is -2.25. The second-order valence-corrected chi connectivity index (χ2v) is 5.98. The van der Waals surface area contributed by atoms with Crippen LogP contribution in [0.1, 0.15) is 59.8 Å². The summed E-state index contributed by atoms with van der Waals surface area (Å²) in [6.07, 6.45) is 10.3. The summed E-state index contributed by atoms with van der Waals surface area (Å²) in [7, 11) is 0. The maximum atomic E-state index is 4.66. The van der Waals surface area contributed by atoms with E-state index in [2.05, 4.69) is 59.1 Å². The van der Waals surface area contributed by atoms with E-state index in [9.17, 15) is 0 Å². The van der Waals surface area contributed by atoms with Crippen LogP contribution in [0.3, 0.4) is 0 Å². The Morgan fingerprint density at radius 1 is 1.38 bits per heavy atom. The number of hydrogen-bond acceptors (Lipinski definition) is 1. The SMILES string of the molecule is C=C(CCC(C)C/C=C\CC)C(C)(S)CC. The first kappa shape index (κ1) is 15.8. The summed E-state index contributed by atoms with van der Waals surface area (Å²) in [6, 6.07) is 0. The molecule has 2 atom stereocenters. The van der Waals surface area contributed by atoms with Crippen molar-refractivity contribution in [1.29, 1.82) is 0 Å². The molecule has 0 saturated heterocycles. The second-order valence-electron chi connectivity index (χ2n) is 4.99. The van der Waals surface area contributed by atoms with Gasteiger partial charge in [0.2, 0.25) is 0 Å². The summed E-state index contributed by atoms with van der Waals surface area (Å²) in [5.41, 5.74) is 1.28. The van der Waals surface area contributed by atoms with Gasteiger partial charge in [-0.25, -0.2) is 0 Å². The molecule has 0 rings (SSSR count). The van der Waals surface area contributed by atoms with E-state index in [1.165, 1.54) is 18.4 Å². The molecule has 16 heavy (non-hydrogen) atoms. The fourth-order valence-electron chi connectivity index (χ4n) is 1.55. The summed E-state index contributed by atoms with van der Waals surface area (Å²) in [6.45, 7) is 13.0. The molecule has 0 heterocycles. The minimum absolute atomic E-state index is 0.0129. The zero-order valence-corrected chi connectivity index (χ0v) is 12.3. The van der Waals surface area contributed by atoms with Crippen molar-refractivity contribution in [1.82, 2.24) is 0 Å². The highest BCUT2D eigenvalue weighted by molar-refractivity contribution is 7.82. The Hall–Kier alpha value is -0.170. The molecular weight excluding hydrogens is 212 g/mol. The highest BCUT2D eigenvalue weighted by Gasteiger charge is 2.20. The van der Waals surface area contributed by atoms with Gasteiger partial charge in [-0.05, 0) is 44.9 Å². The Morgan fingerprint density at radius 3 is 2.50 bits per heavy atom. The molecule has 0 aliphatic rings. The summed E-state index contributed by atoms with van der Waals surface area (Å²) in [5, 5.41) is 0. The third-order valence-electron chi connectivity index (χ3n) is 3.33. The van der Waals surface area contributed by atoms with Crippen LogP contribution < -0.4 is 0 Å². The van der Waals surface area contributed by atoms with Crippen molar-refractivity contribution in [2.75, 3.05) is 0 Å². The Balaban J connectivity index is 3.88. The third-order valence-corrected chi connectivity index (χ3v) is 3.96. The zero-order valence-electron chi connectivity index (χ0n) is 11.4. The van der Waals surface area contributed by atoms with Gasteiger partial charge in [0.15, 0.2) is 0 Å². The Labute approximate surface area is 108 Å². The molecule has 0 nitrogen and oxygen atoms in total. The van der Waals surface area contributed by atoms with E-state index in [1.54, 1.807) is 0 Å². The maximum Gasteiger partial charge on any atom is 0.0304 e. The minimum atomic E-state index is 0.0129. The average molecular weight is 240 g/mol. The second kappa shape index (κ2) is 8.00. The van der Waals surface area contributed by atoms with Crippen LogP contribution in [0, 0.1) is 5.92 Å². The molecule has 94 valence electrons. The fraction of sp³-hybridized carbons (Fsp3) is 0.733. The van der Waals surface area contributed by atoms with Crippen LogP contribution in [0.4, 0.5) is 0 Å². The van der Waals surface area contributed by atoms with Gasteiger partial charge >= 0.3 is 0 Å². The zero-order chi connectivity index (χ0) is 12.6. The van der Waals surface area contributed by atoms with Crippen LogP contribution in [-0.4, -0.2) is 4.75 Å². The first-order valence-electron chi connectivity index (χ1n) is 6.49. The largest absolute Gasteiger partial charge is 0.168 e. The molecule has 1 heteroatoms. The lowest BCUT2D eigenvalue weighted by Crippen LogP contribution is -2.18. The number of rotatable bonds is 8. The summed E-state index contributed by atoms with van der Waals surface area (Å²) >= 11 is 4.66. The van der Waals surface area contributed by atoms with E-state index in [4.69, 9.17) is 0 Å². The van der Waals surface area contributed by atoms with E-state index in [0.29, 0.717) is 0 Å². The molecule has 0 saturated carbocycles. The van der Waals surface area contributed by atoms with E-state index < -0.39 is 0 Å². The smallest absolute Gasteiger partial charge is 0.0304 e. The molecule has 0 N–H and O–H groups in total. The molecule has 2 unspecified atom stereocenters. The molecular formula is C15H28S. The first-order valence-corrected chi connectivity index (χ1v) is 6.94. The van der Waals surface area contributed by atoms with Crippen molar-refractivity contribution in [3.63, 3.8) is 0 Å². The Morgan fingerprint density at radius 2 is 2.00 bits per heavy atom. The number of thiol groups is 1. The van der Waals surface area contributed by atoms with Crippen molar-refractivity contribution < 1.29 is 0 Å². The van der Waals surface area contributed by atoms with Crippen molar-refractivity contribution in [3.8, 4) is 0 Å². The summed E-state index contributed by atoms with van der Waals surface area (Å²) in [4.78, 5) is 0. The summed E-state index contributed by atoms with van der Waals surface area (Å²) in [5.74, 6) is 0.750. The molecule has 0 amide bonds. The van der Waals surface area contributed by atoms with Gasteiger partial charge in [0.25, 0.3) is 0 Å². The topological polar surface area (TPSA) is 0 Å². The lowest BCUT2D eigenvalue weighted by atomic mass is 9.91. The lowest BCUT2D eigenvalue weighted by molar-refractivity contribution is 0.522. The average Bonchev–Trinajstić information content (AvgIpc) is 2.26. The Bertz CT molecular complexity index is 226. The van der Waals surface area contributed by atoms with Crippen molar-refractivity contribution in [3.05, 3.63) is 24.3 Å². The first-order chi connectivity index (χ1) is 7.44. The van der Waals surface area contributed by atoms with Crippen LogP contribution in [0.15, 0.2) is 24.3 Å². The van der Waals surface area contributed by atoms with Gasteiger partial charge < -0.3 is 0 Å². The molecule has 0 fully saturated rings. The van der Waals surface area contributed by atoms with Gasteiger partial charge in [0.1, 0.15) is 0 Å². The van der Waals surface area contributed by atoms with E-state index >= 15 is 0 Å². The third kappa shape index (κ3) is 6.42. The number of hydrogen-bond donors (Lipinski definition) is 1. The van der Waals surface area contributed by atoms with E-state index in [0.717, 1.165) is 25.2 Å². The fourth-order valence-corrected chi connectivity index (χ4v) is 1.66. The molecule has 0 aliphatic carbocycles. The van der Waals surface area contributed by atoms with Gasteiger partial charge in [0.05, 0.1) is 0 Å².